The van der Waals surface area contributed by atoms with Crippen LogP contribution in [0.4, 0.5) is 0 Å². The molecule has 1 saturated carbocycles. The van der Waals surface area contributed by atoms with Crippen molar-refractivity contribution in [2.75, 3.05) is 6.61 Å². The van der Waals surface area contributed by atoms with E-state index in [1.807, 2.05) is 6.92 Å². The lowest BCUT2D eigenvalue weighted by Crippen LogP contribution is -2.62. The first-order chi connectivity index (χ1) is 11.8. The van der Waals surface area contributed by atoms with Gasteiger partial charge in [0.1, 0.15) is 47.8 Å². The van der Waals surface area contributed by atoms with Crippen LogP contribution in [0.1, 0.15) is 13.3 Å². The third-order valence-electron chi connectivity index (χ3n) is 6.28. The molecule has 2 bridgehead atoms. The largest absolute Gasteiger partial charge is 0.394 e. The highest BCUT2D eigenvalue weighted by atomic mass is 16.8. The Bertz CT molecular complexity index is 573. The van der Waals surface area contributed by atoms with Crippen molar-refractivity contribution in [1.82, 2.24) is 0 Å². The summed E-state index contributed by atoms with van der Waals surface area (Å²) in [5.41, 5.74) is -1.82. The molecule has 1 aliphatic carbocycles. The van der Waals surface area contributed by atoms with Gasteiger partial charge in [-0.3, -0.25) is 0 Å². The first-order valence-corrected chi connectivity index (χ1v) is 8.46. The lowest BCUT2D eigenvalue weighted by atomic mass is 9.80. The van der Waals surface area contributed by atoms with Crippen LogP contribution in [0.25, 0.3) is 0 Å². The van der Waals surface area contributed by atoms with Crippen LogP contribution in [-0.4, -0.2) is 98.8 Å². The molecule has 0 unspecified atom stereocenters. The number of fused-ring (bicyclic) bond motifs is 4. The number of aliphatic hydroxyl groups excluding tert-OH is 4. The molecule has 0 amide bonds. The standard InChI is InChI=1S/C15H22O10/c1-14-9-13(23-5-2-15(9,20)11(22-5)10(14)25-14)24-12-8(19)7(18)6(17)4(3-16)21-12/h4-13,16-20H,2-3H2,1H3/t4-,5-,6+,7-,8+,9-,10+,11+,12+,13+,14-,15+/m1/s1. The van der Waals surface area contributed by atoms with Crippen LogP contribution in [0.2, 0.25) is 0 Å². The number of hydrogen-bond acceptors (Lipinski definition) is 10. The Kier molecular flexibility index (Phi) is 3.42. The summed E-state index contributed by atoms with van der Waals surface area (Å²) in [6, 6.07) is 0. The van der Waals surface area contributed by atoms with Crippen LogP contribution in [0.3, 0.4) is 0 Å². The van der Waals surface area contributed by atoms with E-state index in [9.17, 15) is 25.5 Å². The molecule has 0 aromatic heterocycles. The fourth-order valence-electron chi connectivity index (χ4n) is 4.94. The second-order valence-electron chi connectivity index (χ2n) is 7.72. The average Bonchev–Trinajstić information content (AvgIpc) is 3.07. The Morgan fingerprint density at radius 2 is 1.76 bits per heavy atom. The van der Waals surface area contributed by atoms with E-state index in [1.54, 1.807) is 0 Å². The maximum Gasteiger partial charge on any atom is 0.189 e. The summed E-state index contributed by atoms with van der Waals surface area (Å²) in [7, 11) is 0. The molecule has 0 aromatic carbocycles. The van der Waals surface area contributed by atoms with Gasteiger partial charge in [-0.1, -0.05) is 0 Å². The van der Waals surface area contributed by atoms with Crippen LogP contribution in [0, 0.1) is 5.92 Å². The molecule has 0 spiro atoms. The van der Waals surface area contributed by atoms with Gasteiger partial charge in [0.25, 0.3) is 0 Å². The number of epoxide rings is 1. The van der Waals surface area contributed by atoms with Gasteiger partial charge in [-0.2, -0.15) is 0 Å². The van der Waals surface area contributed by atoms with Crippen molar-refractivity contribution in [3.05, 3.63) is 0 Å². The number of rotatable bonds is 3. The Morgan fingerprint density at radius 1 is 1.00 bits per heavy atom. The maximum absolute atomic E-state index is 11.0. The Balaban J connectivity index is 1.39. The van der Waals surface area contributed by atoms with Gasteiger partial charge in [0.15, 0.2) is 18.9 Å². The van der Waals surface area contributed by atoms with Crippen molar-refractivity contribution in [1.29, 1.82) is 0 Å². The van der Waals surface area contributed by atoms with Crippen molar-refractivity contribution in [3.63, 3.8) is 0 Å². The van der Waals surface area contributed by atoms with Crippen LogP contribution in [0.15, 0.2) is 0 Å². The molecule has 142 valence electrons. The molecule has 5 aliphatic rings. The molecule has 4 saturated heterocycles. The summed E-state index contributed by atoms with van der Waals surface area (Å²) < 4.78 is 28.3. The van der Waals surface area contributed by atoms with Gasteiger partial charge in [-0.25, -0.2) is 0 Å². The summed E-state index contributed by atoms with van der Waals surface area (Å²) in [4.78, 5) is 0. The van der Waals surface area contributed by atoms with Crippen molar-refractivity contribution >= 4 is 0 Å². The highest BCUT2D eigenvalue weighted by molar-refractivity contribution is 5.28. The zero-order valence-corrected chi connectivity index (χ0v) is 13.5. The number of hydrogen-bond donors (Lipinski definition) is 5. The third-order valence-corrected chi connectivity index (χ3v) is 6.28. The van der Waals surface area contributed by atoms with Crippen molar-refractivity contribution < 1.29 is 49.2 Å². The molecule has 4 aliphatic heterocycles. The minimum atomic E-state index is -1.55. The topological polar surface area (TPSA) is 151 Å². The predicted octanol–water partition coefficient (Wildman–Crippen LogP) is -3.21. The van der Waals surface area contributed by atoms with Gasteiger partial charge in [0.05, 0.1) is 12.5 Å². The van der Waals surface area contributed by atoms with Crippen molar-refractivity contribution in [3.8, 4) is 0 Å². The summed E-state index contributed by atoms with van der Waals surface area (Å²) in [5, 5.41) is 50.2. The summed E-state index contributed by atoms with van der Waals surface area (Å²) in [6.07, 6.45) is -9.06. The van der Waals surface area contributed by atoms with E-state index >= 15 is 0 Å². The normalized spacial score (nSPS) is 65.0. The molecule has 25 heavy (non-hydrogen) atoms. The van der Waals surface area contributed by atoms with E-state index < -0.39 is 73.1 Å². The van der Waals surface area contributed by atoms with E-state index in [4.69, 9.17) is 23.7 Å². The molecule has 0 aromatic rings. The summed E-state index contributed by atoms with van der Waals surface area (Å²) >= 11 is 0. The highest BCUT2D eigenvalue weighted by Gasteiger charge is 2.83. The predicted molar refractivity (Wildman–Crippen MR) is 74.7 cm³/mol. The van der Waals surface area contributed by atoms with Gasteiger partial charge in [-0.15, -0.1) is 0 Å². The minimum Gasteiger partial charge on any atom is -0.394 e. The quantitative estimate of drug-likeness (QED) is 0.325. The number of ether oxygens (including phenoxy) is 5. The Labute approximate surface area is 142 Å². The lowest BCUT2D eigenvalue weighted by molar-refractivity contribution is -0.372. The zero-order valence-electron chi connectivity index (χ0n) is 13.5. The van der Waals surface area contributed by atoms with Gasteiger partial charge in [0, 0.05) is 6.42 Å². The molecule has 4 heterocycles. The van der Waals surface area contributed by atoms with Crippen molar-refractivity contribution in [2.24, 2.45) is 5.92 Å². The minimum absolute atomic E-state index is 0.239. The van der Waals surface area contributed by atoms with Crippen LogP contribution < -0.4 is 0 Å². The number of aliphatic hydroxyl groups is 5. The second-order valence-corrected chi connectivity index (χ2v) is 7.72. The van der Waals surface area contributed by atoms with Gasteiger partial charge >= 0.3 is 0 Å². The molecule has 5 rings (SSSR count). The molecule has 10 heteroatoms. The monoisotopic (exact) mass is 362 g/mol. The van der Waals surface area contributed by atoms with Gasteiger partial charge in [-0.05, 0) is 6.92 Å². The fourth-order valence-corrected chi connectivity index (χ4v) is 4.94. The third kappa shape index (κ3) is 2.03. The van der Waals surface area contributed by atoms with Gasteiger partial charge < -0.3 is 49.2 Å². The smallest absolute Gasteiger partial charge is 0.189 e. The van der Waals surface area contributed by atoms with Crippen LogP contribution in [0.5, 0.6) is 0 Å². The summed E-state index contributed by atoms with van der Waals surface area (Å²) in [5.74, 6) is -0.555. The van der Waals surface area contributed by atoms with E-state index in [0.717, 1.165) is 0 Å². The van der Waals surface area contributed by atoms with Crippen LogP contribution >= 0.6 is 0 Å². The van der Waals surface area contributed by atoms with E-state index in [0.29, 0.717) is 6.42 Å². The Morgan fingerprint density at radius 3 is 2.48 bits per heavy atom. The SMILES string of the molecule is C[C@]12O[C@H]1[C@@H]1O[C@H]3C[C@]1(O)[C@@H]2[C@H](O[C@@H]1O[C@H](CO)[C@H](O)[C@@H](O)[C@@H]1O)O3. The molecular formula is C15H22O10. The first-order valence-electron chi connectivity index (χ1n) is 8.46. The van der Waals surface area contributed by atoms with Crippen LogP contribution in [-0.2, 0) is 23.7 Å². The average molecular weight is 362 g/mol. The van der Waals surface area contributed by atoms with E-state index in [1.165, 1.54) is 0 Å². The molecule has 12 atom stereocenters. The molecular weight excluding hydrogens is 340 g/mol. The molecule has 5 fully saturated rings. The van der Waals surface area contributed by atoms with E-state index in [2.05, 4.69) is 0 Å². The molecule has 5 N–H and O–H groups in total. The fraction of sp³-hybridized carbons (Fsp3) is 1.00. The van der Waals surface area contributed by atoms with Gasteiger partial charge in [0.2, 0.25) is 0 Å². The molecule has 0 radical (unpaired) electrons. The second kappa shape index (κ2) is 5.10. The molecule has 10 nitrogen and oxygen atoms in total. The highest BCUT2D eigenvalue weighted by Crippen LogP contribution is 2.66. The first kappa shape index (κ1) is 16.8. The van der Waals surface area contributed by atoms with E-state index in [-0.39, 0.29) is 6.10 Å². The van der Waals surface area contributed by atoms with Crippen molar-refractivity contribution in [2.45, 2.75) is 80.0 Å². The Hall–Kier alpha value is -0.400. The summed E-state index contributed by atoms with van der Waals surface area (Å²) in [6.45, 7) is 1.29. The lowest BCUT2D eigenvalue weighted by Gasteiger charge is -2.45. The zero-order chi connectivity index (χ0) is 17.7. The maximum atomic E-state index is 11.0.